The Labute approximate surface area is 245 Å². The van der Waals surface area contributed by atoms with Crippen LogP contribution in [0.15, 0.2) is 138 Å². The Morgan fingerprint density at radius 2 is 1.12 bits per heavy atom. The minimum Gasteiger partial charge on any atom is -0.437 e. The molecule has 7 nitrogen and oxygen atoms in total. The van der Waals surface area contributed by atoms with E-state index in [1.54, 1.807) is 0 Å². The van der Waals surface area contributed by atoms with Gasteiger partial charge in [0.1, 0.15) is 11.1 Å². The standard InChI is InChI=1S/C36H22N6O/c1-3-12-23(13-4-1)32-38-33(24-14-5-2-6-15-24)40-34(39-32)25-16-11-17-26(22-25)41-31-27-18-7-10-21-30(27)43-35(31)42-29-20-9-8-19-28(29)37-36(41)42/h1-22H. The topological polar surface area (TPSA) is 74.0 Å². The van der Waals surface area contributed by atoms with Crippen LogP contribution in [0.25, 0.3) is 78.9 Å². The molecule has 5 aromatic carbocycles. The summed E-state index contributed by atoms with van der Waals surface area (Å²) >= 11 is 0. The lowest BCUT2D eigenvalue weighted by Crippen LogP contribution is -2.01. The quantitative estimate of drug-likeness (QED) is 0.219. The fraction of sp³-hybridized carbons (Fsp3) is 0. The first-order valence-corrected chi connectivity index (χ1v) is 14.1. The summed E-state index contributed by atoms with van der Waals surface area (Å²) in [7, 11) is 0. The highest BCUT2D eigenvalue weighted by atomic mass is 16.3. The molecule has 0 radical (unpaired) electrons. The van der Waals surface area contributed by atoms with Crippen LogP contribution in [0.3, 0.4) is 0 Å². The van der Waals surface area contributed by atoms with Crippen molar-refractivity contribution >= 4 is 39.0 Å². The minimum atomic E-state index is 0.597. The van der Waals surface area contributed by atoms with Crippen LogP contribution >= 0.6 is 0 Å². The zero-order valence-corrected chi connectivity index (χ0v) is 22.8. The molecular formula is C36H22N6O. The van der Waals surface area contributed by atoms with Gasteiger partial charge in [0.15, 0.2) is 17.5 Å². The van der Waals surface area contributed by atoms with Crippen LogP contribution in [0.5, 0.6) is 0 Å². The molecule has 0 aliphatic heterocycles. The Bertz CT molecular complexity index is 2400. The van der Waals surface area contributed by atoms with E-state index in [1.165, 1.54) is 0 Å². The summed E-state index contributed by atoms with van der Waals surface area (Å²) in [5.41, 5.74) is 8.12. The summed E-state index contributed by atoms with van der Waals surface area (Å²) in [5, 5.41) is 1.02. The van der Waals surface area contributed by atoms with Crippen LogP contribution in [0, 0.1) is 0 Å². The van der Waals surface area contributed by atoms with Gasteiger partial charge in [0.05, 0.1) is 16.7 Å². The van der Waals surface area contributed by atoms with E-state index in [4.69, 9.17) is 24.4 Å². The molecule has 0 saturated heterocycles. The van der Waals surface area contributed by atoms with Gasteiger partial charge in [-0.2, -0.15) is 0 Å². The van der Waals surface area contributed by atoms with Gasteiger partial charge in [0.25, 0.3) is 0 Å². The molecule has 0 aliphatic carbocycles. The first kappa shape index (κ1) is 23.6. The summed E-state index contributed by atoms with van der Waals surface area (Å²) in [5.74, 6) is 2.63. The lowest BCUT2D eigenvalue weighted by molar-refractivity contribution is 0.651. The Hall–Kier alpha value is -6.08. The molecule has 0 atom stereocenters. The predicted molar refractivity (Wildman–Crippen MR) is 169 cm³/mol. The third kappa shape index (κ3) is 3.68. The molecule has 0 N–H and O–H groups in total. The van der Waals surface area contributed by atoms with Gasteiger partial charge in [0, 0.05) is 22.1 Å². The largest absolute Gasteiger partial charge is 0.437 e. The number of nitrogens with zero attached hydrogens (tertiary/aromatic N) is 6. The van der Waals surface area contributed by atoms with Crippen LogP contribution in [-0.4, -0.2) is 28.9 Å². The molecular weight excluding hydrogens is 532 g/mol. The summed E-state index contributed by atoms with van der Waals surface area (Å²) < 4.78 is 10.7. The van der Waals surface area contributed by atoms with Crippen LogP contribution in [0.4, 0.5) is 0 Å². The van der Waals surface area contributed by atoms with Gasteiger partial charge in [0.2, 0.25) is 11.5 Å². The lowest BCUT2D eigenvalue weighted by Gasteiger charge is -2.10. The molecule has 0 saturated carbocycles. The Morgan fingerprint density at radius 3 is 1.86 bits per heavy atom. The maximum absolute atomic E-state index is 6.45. The highest BCUT2D eigenvalue weighted by Gasteiger charge is 2.23. The van der Waals surface area contributed by atoms with Crippen molar-refractivity contribution in [3.05, 3.63) is 133 Å². The van der Waals surface area contributed by atoms with Crippen molar-refractivity contribution in [1.29, 1.82) is 0 Å². The van der Waals surface area contributed by atoms with Crippen LogP contribution in [0.1, 0.15) is 0 Å². The first-order chi connectivity index (χ1) is 21.3. The van der Waals surface area contributed by atoms with E-state index >= 15 is 0 Å². The molecule has 0 spiro atoms. The fourth-order valence-electron chi connectivity index (χ4n) is 5.82. The van der Waals surface area contributed by atoms with E-state index in [0.29, 0.717) is 17.5 Å². The summed E-state index contributed by atoms with van der Waals surface area (Å²) in [6.07, 6.45) is 0. The SMILES string of the molecule is c1ccc(-c2nc(-c3ccccc3)nc(-c3cccc(-n4c5c6ccccc6oc5n5c6ccccc6nc45)c3)n2)cc1. The van der Waals surface area contributed by atoms with Gasteiger partial charge in [-0.1, -0.05) is 97.1 Å². The number of para-hydroxylation sites is 3. The number of rotatable bonds is 4. The zero-order chi connectivity index (χ0) is 28.3. The summed E-state index contributed by atoms with van der Waals surface area (Å²) in [4.78, 5) is 19.8. The van der Waals surface area contributed by atoms with E-state index in [1.807, 2.05) is 109 Å². The second-order valence-corrected chi connectivity index (χ2v) is 10.4. The predicted octanol–water partition coefficient (Wildman–Crippen LogP) is 8.36. The number of hydrogen-bond acceptors (Lipinski definition) is 5. The molecule has 0 unspecified atom stereocenters. The molecule has 9 rings (SSSR count). The molecule has 0 bridgehead atoms. The first-order valence-electron chi connectivity index (χ1n) is 14.1. The third-order valence-corrected chi connectivity index (χ3v) is 7.78. The maximum Gasteiger partial charge on any atom is 0.232 e. The van der Waals surface area contributed by atoms with Gasteiger partial charge in [-0.25, -0.2) is 24.3 Å². The fourth-order valence-corrected chi connectivity index (χ4v) is 5.82. The molecule has 0 fully saturated rings. The van der Waals surface area contributed by atoms with E-state index in [0.717, 1.165) is 61.4 Å². The minimum absolute atomic E-state index is 0.597. The maximum atomic E-state index is 6.45. The zero-order valence-electron chi connectivity index (χ0n) is 22.8. The normalized spacial score (nSPS) is 11.7. The number of furan rings is 1. The van der Waals surface area contributed by atoms with Crippen LogP contribution < -0.4 is 0 Å². The molecule has 202 valence electrons. The van der Waals surface area contributed by atoms with Crippen molar-refractivity contribution in [2.24, 2.45) is 0 Å². The highest BCUT2D eigenvalue weighted by molar-refractivity contribution is 6.06. The monoisotopic (exact) mass is 554 g/mol. The molecule has 43 heavy (non-hydrogen) atoms. The van der Waals surface area contributed by atoms with Crippen molar-refractivity contribution in [1.82, 2.24) is 28.9 Å². The van der Waals surface area contributed by atoms with Crippen molar-refractivity contribution in [2.75, 3.05) is 0 Å². The molecule has 9 aromatic rings. The highest BCUT2D eigenvalue weighted by Crippen LogP contribution is 2.36. The molecule has 4 heterocycles. The van der Waals surface area contributed by atoms with E-state index < -0.39 is 0 Å². The Morgan fingerprint density at radius 1 is 0.512 bits per heavy atom. The number of benzene rings is 5. The number of aromatic nitrogens is 6. The number of hydrogen-bond donors (Lipinski definition) is 0. The summed E-state index contributed by atoms with van der Waals surface area (Å²) in [6, 6.07) is 44.5. The smallest absolute Gasteiger partial charge is 0.232 e. The second kappa shape index (κ2) is 9.22. The van der Waals surface area contributed by atoms with Gasteiger partial charge in [-0.3, -0.25) is 4.57 Å². The third-order valence-electron chi connectivity index (χ3n) is 7.78. The molecule has 0 aliphatic rings. The Kier molecular flexibility index (Phi) is 5.06. The average Bonchev–Trinajstić information content (AvgIpc) is 3.73. The molecule has 4 aromatic heterocycles. The number of imidazole rings is 2. The van der Waals surface area contributed by atoms with Gasteiger partial charge in [-0.05, 0) is 36.4 Å². The molecule has 7 heteroatoms. The number of fused-ring (bicyclic) bond motifs is 7. The van der Waals surface area contributed by atoms with Crippen LogP contribution in [0.2, 0.25) is 0 Å². The van der Waals surface area contributed by atoms with Gasteiger partial charge >= 0.3 is 0 Å². The average molecular weight is 555 g/mol. The van der Waals surface area contributed by atoms with E-state index in [2.05, 4.69) is 33.2 Å². The summed E-state index contributed by atoms with van der Waals surface area (Å²) in [6.45, 7) is 0. The van der Waals surface area contributed by atoms with E-state index in [9.17, 15) is 0 Å². The molecule has 0 amide bonds. The van der Waals surface area contributed by atoms with Gasteiger partial charge in [-0.15, -0.1) is 0 Å². The van der Waals surface area contributed by atoms with Crippen molar-refractivity contribution in [3.8, 4) is 39.9 Å². The van der Waals surface area contributed by atoms with Crippen LogP contribution in [-0.2, 0) is 0 Å². The van der Waals surface area contributed by atoms with Gasteiger partial charge < -0.3 is 4.42 Å². The Balaban J connectivity index is 1.30. The van der Waals surface area contributed by atoms with Crippen molar-refractivity contribution in [2.45, 2.75) is 0 Å². The van der Waals surface area contributed by atoms with Crippen molar-refractivity contribution in [3.63, 3.8) is 0 Å². The van der Waals surface area contributed by atoms with E-state index in [-0.39, 0.29) is 0 Å². The van der Waals surface area contributed by atoms with Crippen molar-refractivity contribution < 1.29 is 4.42 Å². The second-order valence-electron chi connectivity index (χ2n) is 10.4. The lowest BCUT2D eigenvalue weighted by atomic mass is 10.1.